The van der Waals surface area contributed by atoms with Crippen molar-refractivity contribution >= 4 is 23.4 Å². The number of rotatable bonds is 3. The molecular formula is C9H8FNO3S. The molecule has 0 atom stereocenters. The highest BCUT2D eigenvalue weighted by Gasteiger charge is 2.18. The highest BCUT2D eigenvalue weighted by Crippen LogP contribution is 2.28. The van der Waals surface area contributed by atoms with E-state index in [1.165, 1.54) is 6.07 Å². The van der Waals surface area contributed by atoms with Gasteiger partial charge in [-0.3, -0.25) is 0 Å². The van der Waals surface area contributed by atoms with Gasteiger partial charge in [-0.25, -0.2) is 9.18 Å². The molecule has 1 aromatic carbocycles. The van der Waals surface area contributed by atoms with Gasteiger partial charge in [-0.05, 0) is 17.5 Å². The minimum Gasteiger partial charge on any atom is -0.465 e. The van der Waals surface area contributed by atoms with E-state index in [4.69, 9.17) is 0 Å². The van der Waals surface area contributed by atoms with Crippen molar-refractivity contribution in [1.29, 1.82) is 0 Å². The molecule has 0 fully saturated rings. The van der Waals surface area contributed by atoms with Crippen molar-refractivity contribution in [3.8, 4) is 0 Å². The monoisotopic (exact) mass is 229 g/mol. The molecule has 0 aromatic heterocycles. The Labute approximate surface area is 89.8 Å². The molecule has 0 aliphatic heterocycles. The zero-order valence-electron chi connectivity index (χ0n) is 8.11. The molecule has 0 heterocycles. The molecule has 1 rings (SSSR count). The largest absolute Gasteiger partial charge is 0.465 e. The molecule has 1 aromatic rings. The smallest absolute Gasteiger partial charge is 0.342 e. The third-order valence-corrected chi connectivity index (χ3v) is 2.52. The van der Waals surface area contributed by atoms with Gasteiger partial charge < -0.3 is 4.74 Å². The van der Waals surface area contributed by atoms with E-state index < -0.39 is 11.8 Å². The number of thioether (sulfide) groups is 1. The Morgan fingerprint density at radius 3 is 2.67 bits per heavy atom. The van der Waals surface area contributed by atoms with Gasteiger partial charge in [0.05, 0.1) is 7.11 Å². The summed E-state index contributed by atoms with van der Waals surface area (Å²) in [7, 11) is 1.16. The van der Waals surface area contributed by atoms with Gasteiger partial charge in [0.1, 0.15) is 17.1 Å². The molecule has 0 aliphatic carbocycles. The van der Waals surface area contributed by atoms with Crippen LogP contribution in [0.25, 0.3) is 0 Å². The summed E-state index contributed by atoms with van der Waals surface area (Å²) in [4.78, 5) is 21.8. The topological polar surface area (TPSA) is 55.7 Å². The molecule has 0 amide bonds. The fraction of sp³-hybridized carbons (Fsp3) is 0.222. The molecule has 0 bridgehead atoms. The number of carbonyl (C=O) groups is 1. The Balaban J connectivity index is 3.36. The van der Waals surface area contributed by atoms with E-state index in [2.05, 4.69) is 9.91 Å². The number of esters is 1. The van der Waals surface area contributed by atoms with Crippen LogP contribution in [0.1, 0.15) is 10.4 Å². The average molecular weight is 229 g/mol. The molecule has 15 heavy (non-hydrogen) atoms. The van der Waals surface area contributed by atoms with E-state index in [-0.39, 0.29) is 11.3 Å². The summed E-state index contributed by atoms with van der Waals surface area (Å²) >= 11 is 1.14. The second-order valence-corrected chi connectivity index (χ2v) is 3.44. The summed E-state index contributed by atoms with van der Waals surface area (Å²) in [5, 5.41) is 2.61. The number of ether oxygens (including phenoxy) is 1. The number of hydrogen-bond acceptors (Lipinski definition) is 5. The summed E-state index contributed by atoms with van der Waals surface area (Å²) < 4.78 is 17.8. The molecule has 0 saturated carbocycles. The van der Waals surface area contributed by atoms with Crippen LogP contribution in [0.5, 0.6) is 0 Å². The van der Waals surface area contributed by atoms with E-state index in [9.17, 15) is 14.1 Å². The van der Waals surface area contributed by atoms with Crippen molar-refractivity contribution in [2.45, 2.75) is 4.90 Å². The third kappa shape index (κ3) is 2.33. The molecule has 6 heteroatoms. The van der Waals surface area contributed by atoms with Gasteiger partial charge in [-0.2, -0.15) is 0 Å². The predicted molar refractivity (Wildman–Crippen MR) is 55.0 cm³/mol. The van der Waals surface area contributed by atoms with E-state index >= 15 is 0 Å². The first kappa shape index (κ1) is 11.6. The van der Waals surface area contributed by atoms with Gasteiger partial charge in [-0.1, -0.05) is 0 Å². The number of nitrogens with zero attached hydrogens (tertiary/aromatic N) is 1. The Morgan fingerprint density at radius 2 is 2.20 bits per heavy atom. The Bertz CT molecular complexity index is 409. The van der Waals surface area contributed by atoms with Crippen molar-refractivity contribution in [1.82, 2.24) is 0 Å². The lowest BCUT2D eigenvalue weighted by molar-refractivity contribution is 0.0591. The first-order valence-corrected chi connectivity index (χ1v) is 5.15. The highest BCUT2D eigenvalue weighted by atomic mass is 32.2. The molecule has 0 unspecified atom stereocenters. The van der Waals surface area contributed by atoms with E-state index in [0.717, 1.165) is 24.9 Å². The van der Waals surface area contributed by atoms with E-state index in [1.54, 1.807) is 6.26 Å². The highest BCUT2D eigenvalue weighted by molar-refractivity contribution is 7.98. The summed E-state index contributed by atoms with van der Waals surface area (Å²) in [6.45, 7) is 0. The maximum Gasteiger partial charge on any atom is 0.342 e. The average Bonchev–Trinajstić information content (AvgIpc) is 2.26. The van der Waals surface area contributed by atoms with Crippen LogP contribution in [0, 0.1) is 10.7 Å². The lowest BCUT2D eigenvalue weighted by Gasteiger charge is -2.06. The number of halogens is 1. The Hall–Kier alpha value is -1.43. The van der Waals surface area contributed by atoms with Gasteiger partial charge in [0.25, 0.3) is 0 Å². The number of carbonyl (C=O) groups excluding carboxylic acids is 1. The molecule has 0 spiro atoms. The summed E-state index contributed by atoms with van der Waals surface area (Å²) in [5.74, 6) is -1.57. The van der Waals surface area contributed by atoms with E-state index in [0.29, 0.717) is 4.90 Å². The SMILES string of the molecule is COC(=O)c1c(F)cc(N=O)cc1SC. The van der Waals surface area contributed by atoms with Crippen LogP contribution >= 0.6 is 11.8 Å². The quantitative estimate of drug-likeness (QED) is 0.454. The molecule has 0 aliphatic rings. The third-order valence-electron chi connectivity index (χ3n) is 1.75. The Kier molecular flexibility index (Phi) is 3.79. The van der Waals surface area contributed by atoms with Gasteiger partial charge in [0.2, 0.25) is 0 Å². The summed E-state index contributed by atoms with van der Waals surface area (Å²) in [5.41, 5.74) is -0.220. The lowest BCUT2D eigenvalue weighted by Crippen LogP contribution is -2.06. The fourth-order valence-electron chi connectivity index (χ4n) is 1.08. The minimum atomic E-state index is -0.802. The van der Waals surface area contributed by atoms with Crippen molar-refractivity contribution in [3.63, 3.8) is 0 Å². The molecule has 0 saturated heterocycles. The first-order chi connectivity index (χ1) is 7.13. The number of methoxy groups -OCH3 is 1. The zero-order chi connectivity index (χ0) is 11.4. The van der Waals surface area contributed by atoms with Crippen molar-refractivity contribution < 1.29 is 13.9 Å². The van der Waals surface area contributed by atoms with Crippen LogP contribution in [0.15, 0.2) is 22.2 Å². The van der Waals surface area contributed by atoms with Crippen LogP contribution in [0.4, 0.5) is 10.1 Å². The van der Waals surface area contributed by atoms with Crippen molar-refractivity contribution in [3.05, 3.63) is 28.4 Å². The number of benzene rings is 1. The minimum absolute atomic E-state index is 0.0514. The normalized spacial score (nSPS) is 9.80. The first-order valence-electron chi connectivity index (χ1n) is 3.93. The molecule has 4 nitrogen and oxygen atoms in total. The van der Waals surface area contributed by atoms with Crippen LogP contribution in [0.3, 0.4) is 0 Å². The van der Waals surface area contributed by atoms with Gasteiger partial charge in [-0.15, -0.1) is 16.7 Å². The standard InChI is InChI=1S/C9H8FNO3S/c1-14-9(12)8-6(10)3-5(11-13)4-7(8)15-2/h3-4H,1-2H3. The fourth-order valence-corrected chi connectivity index (χ4v) is 1.71. The van der Waals surface area contributed by atoms with Crippen molar-refractivity contribution in [2.75, 3.05) is 13.4 Å². The van der Waals surface area contributed by atoms with Crippen LogP contribution < -0.4 is 0 Å². The summed E-state index contributed by atoms with van der Waals surface area (Å²) in [6, 6.07) is 2.24. The van der Waals surface area contributed by atoms with Gasteiger partial charge in [0, 0.05) is 11.0 Å². The van der Waals surface area contributed by atoms with Crippen LogP contribution in [0.2, 0.25) is 0 Å². The predicted octanol–water partition coefficient (Wildman–Crippen LogP) is 2.73. The molecular weight excluding hydrogens is 221 g/mol. The number of nitroso groups, excluding NO2 is 1. The summed E-state index contributed by atoms with van der Waals surface area (Å²) in [6.07, 6.45) is 1.66. The molecule has 0 radical (unpaired) electrons. The lowest BCUT2D eigenvalue weighted by atomic mass is 10.2. The molecule has 80 valence electrons. The maximum absolute atomic E-state index is 13.4. The second-order valence-electron chi connectivity index (χ2n) is 2.59. The van der Waals surface area contributed by atoms with Gasteiger partial charge >= 0.3 is 5.97 Å². The maximum atomic E-state index is 13.4. The van der Waals surface area contributed by atoms with Crippen LogP contribution in [-0.4, -0.2) is 19.3 Å². The second kappa shape index (κ2) is 4.88. The van der Waals surface area contributed by atoms with Gasteiger partial charge in [0.15, 0.2) is 0 Å². The van der Waals surface area contributed by atoms with Crippen molar-refractivity contribution in [2.24, 2.45) is 5.18 Å². The molecule has 0 N–H and O–H groups in total. The van der Waals surface area contributed by atoms with E-state index in [1.807, 2.05) is 0 Å². The number of hydrogen-bond donors (Lipinski definition) is 0. The Morgan fingerprint density at radius 1 is 1.53 bits per heavy atom. The zero-order valence-corrected chi connectivity index (χ0v) is 8.93. The van der Waals surface area contributed by atoms with Crippen LogP contribution in [-0.2, 0) is 4.74 Å².